The minimum absolute atomic E-state index is 0.413. The van der Waals surface area contributed by atoms with Gasteiger partial charge < -0.3 is 11.1 Å². The Morgan fingerprint density at radius 3 is 2.75 bits per heavy atom. The van der Waals surface area contributed by atoms with Gasteiger partial charge in [0, 0.05) is 11.6 Å². The van der Waals surface area contributed by atoms with Crippen LogP contribution in [-0.4, -0.2) is 5.91 Å². The van der Waals surface area contributed by atoms with Gasteiger partial charge in [0.2, 0.25) is 0 Å². The van der Waals surface area contributed by atoms with Crippen molar-refractivity contribution in [3.8, 4) is 0 Å². The van der Waals surface area contributed by atoms with Crippen LogP contribution in [0.2, 0.25) is 0 Å². The molecule has 0 spiro atoms. The van der Waals surface area contributed by atoms with Crippen LogP contribution in [0.15, 0.2) is 48.7 Å². The number of hydrogen-bond acceptors (Lipinski definition) is 2. The molecule has 1 amide bonds. The van der Waals surface area contributed by atoms with Crippen molar-refractivity contribution in [1.29, 1.82) is 0 Å². The van der Waals surface area contributed by atoms with E-state index in [1.54, 1.807) is 6.07 Å². The second-order valence-corrected chi connectivity index (χ2v) is 4.94. The van der Waals surface area contributed by atoms with Crippen molar-refractivity contribution in [3.05, 3.63) is 59.8 Å². The Kier molecular flexibility index (Phi) is 2.12. The molecule has 0 saturated heterocycles. The van der Waals surface area contributed by atoms with Gasteiger partial charge >= 0.3 is 0 Å². The van der Waals surface area contributed by atoms with Gasteiger partial charge in [-0.25, -0.2) is 0 Å². The maximum absolute atomic E-state index is 11.6. The van der Waals surface area contributed by atoms with Gasteiger partial charge in [-0.15, -0.1) is 0 Å². The van der Waals surface area contributed by atoms with Crippen molar-refractivity contribution < 1.29 is 4.79 Å². The fourth-order valence-electron chi connectivity index (χ4n) is 2.94. The summed E-state index contributed by atoms with van der Waals surface area (Å²) in [5, 5.41) is 7.70. The smallest absolute Gasteiger partial charge is 0.250 e. The molecule has 1 heterocycles. The van der Waals surface area contributed by atoms with Gasteiger partial charge in [-0.3, -0.25) is 4.79 Å². The van der Waals surface area contributed by atoms with Crippen molar-refractivity contribution >= 4 is 39.2 Å². The molecule has 0 aromatic heterocycles. The average Bonchev–Trinajstić information content (AvgIpc) is 2.47. The molecular weight excluding hydrogens is 248 g/mol. The SMILES string of the molecule is NC(=O)c1ccc2cc3ccccc3c3c2c1NC=C3. The van der Waals surface area contributed by atoms with E-state index < -0.39 is 5.91 Å². The molecule has 0 bridgehead atoms. The van der Waals surface area contributed by atoms with E-state index in [9.17, 15) is 4.79 Å². The summed E-state index contributed by atoms with van der Waals surface area (Å²) < 4.78 is 0. The normalized spacial score (nSPS) is 12.6. The summed E-state index contributed by atoms with van der Waals surface area (Å²) in [5.41, 5.74) is 7.93. The lowest BCUT2D eigenvalue weighted by Crippen LogP contribution is -2.14. The number of rotatable bonds is 1. The van der Waals surface area contributed by atoms with Crippen LogP contribution in [0.5, 0.6) is 0 Å². The lowest BCUT2D eigenvalue weighted by molar-refractivity contribution is 0.100. The molecule has 0 saturated carbocycles. The van der Waals surface area contributed by atoms with Crippen molar-refractivity contribution in [2.45, 2.75) is 0 Å². The van der Waals surface area contributed by atoms with E-state index in [2.05, 4.69) is 23.5 Å². The minimum atomic E-state index is -0.413. The molecule has 1 aliphatic rings. The molecule has 3 aromatic carbocycles. The number of carbonyl (C=O) groups is 1. The van der Waals surface area contributed by atoms with Crippen molar-refractivity contribution in [2.24, 2.45) is 5.73 Å². The first-order valence-corrected chi connectivity index (χ1v) is 6.47. The van der Waals surface area contributed by atoms with Gasteiger partial charge in [0.1, 0.15) is 0 Å². The zero-order chi connectivity index (χ0) is 13.7. The summed E-state index contributed by atoms with van der Waals surface area (Å²) >= 11 is 0. The van der Waals surface area contributed by atoms with Crippen molar-refractivity contribution in [3.63, 3.8) is 0 Å². The highest BCUT2D eigenvalue weighted by molar-refractivity contribution is 6.17. The first-order chi connectivity index (χ1) is 9.75. The number of benzene rings is 3. The van der Waals surface area contributed by atoms with E-state index in [1.807, 2.05) is 30.5 Å². The van der Waals surface area contributed by atoms with E-state index in [-0.39, 0.29) is 0 Å². The summed E-state index contributed by atoms with van der Waals surface area (Å²) in [6, 6.07) is 14.1. The van der Waals surface area contributed by atoms with Gasteiger partial charge in [0.25, 0.3) is 5.91 Å². The number of nitrogens with two attached hydrogens (primary N) is 1. The van der Waals surface area contributed by atoms with Gasteiger partial charge in [-0.1, -0.05) is 30.3 Å². The van der Waals surface area contributed by atoms with Crippen molar-refractivity contribution in [1.82, 2.24) is 0 Å². The highest BCUT2D eigenvalue weighted by atomic mass is 16.1. The molecule has 96 valence electrons. The second kappa shape index (κ2) is 3.84. The lowest BCUT2D eigenvalue weighted by atomic mass is 9.92. The van der Waals surface area contributed by atoms with Crippen LogP contribution in [0, 0.1) is 0 Å². The van der Waals surface area contributed by atoms with Crippen LogP contribution < -0.4 is 11.1 Å². The molecular formula is C17H12N2O. The largest absolute Gasteiger partial charge is 0.366 e. The zero-order valence-electron chi connectivity index (χ0n) is 10.7. The molecule has 0 atom stereocenters. The Morgan fingerprint density at radius 1 is 1.05 bits per heavy atom. The molecule has 0 aliphatic carbocycles. The molecule has 3 aromatic rings. The predicted molar refractivity (Wildman–Crippen MR) is 82.6 cm³/mol. The standard InChI is InChI=1S/C17H12N2O/c18-17(20)14-6-5-11-9-10-3-1-2-4-12(10)13-7-8-19-16(14)15(11)13/h1-9,19H,(H2,18,20). The van der Waals surface area contributed by atoms with Crippen LogP contribution >= 0.6 is 0 Å². The molecule has 1 aliphatic heterocycles. The topological polar surface area (TPSA) is 55.1 Å². The highest BCUT2D eigenvalue weighted by Gasteiger charge is 2.17. The van der Waals surface area contributed by atoms with Gasteiger partial charge in [-0.2, -0.15) is 0 Å². The van der Waals surface area contributed by atoms with E-state index in [4.69, 9.17) is 5.73 Å². The Morgan fingerprint density at radius 2 is 1.90 bits per heavy atom. The summed E-state index contributed by atoms with van der Waals surface area (Å²) in [6.45, 7) is 0. The van der Waals surface area contributed by atoms with Crippen LogP contribution in [0.1, 0.15) is 15.9 Å². The first kappa shape index (κ1) is 11.1. The minimum Gasteiger partial charge on any atom is -0.366 e. The summed E-state index contributed by atoms with van der Waals surface area (Å²) in [7, 11) is 0. The molecule has 4 rings (SSSR count). The fraction of sp³-hybridized carbons (Fsp3) is 0. The molecule has 3 N–H and O–H groups in total. The Bertz CT molecular complexity index is 910. The lowest BCUT2D eigenvalue weighted by Gasteiger charge is -2.18. The molecule has 20 heavy (non-hydrogen) atoms. The van der Waals surface area contributed by atoms with Crippen LogP contribution in [-0.2, 0) is 0 Å². The number of primary amides is 1. The van der Waals surface area contributed by atoms with Crippen LogP contribution in [0.3, 0.4) is 0 Å². The van der Waals surface area contributed by atoms with Crippen molar-refractivity contribution in [2.75, 3.05) is 5.32 Å². The third-order valence-corrected chi connectivity index (χ3v) is 3.81. The molecule has 0 unspecified atom stereocenters. The summed E-state index contributed by atoms with van der Waals surface area (Å²) in [4.78, 5) is 11.6. The Labute approximate surface area is 115 Å². The number of carbonyl (C=O) groups excluding carboxylic acids is 1. The second-order valence-electron chi connectivity index (χ2n) is 4.94. The van der Waals surface area contributed by atoms with E-state index in [0.717, 1.165) is 22.0 Å². The maximum Gasteiger partial charge on any atom is 0.250 e. The Balaban J connectivity index is 2.26. The van der Waals surface area contributed by atoms with Crippen LogP contribution in [0.4, 0.5) is 5.69 Å². The monoisotopic (exact) mass is 260 g/mol. The molecule has 0 fully saturated rings. The zero-order valence-corrected chi connectivity index (χ0v) is 10.7. The number of fused-ring (bicyclic) bond motifs is 2. The number of anilines is 1. The van der Waals surface area contributed by atoms with E-state index in [1.165, 1.54) is 10.8 Å². The number of nitrogens with one attached hydrogen (secondary N) is 1. The van der Waals surface area contributed by atoms with Gasteiger partial charge in [-0.05, 0) is 39.9 Å². The van der Waals surface area contributed by atoms with Gasteiger partial charge in [0.05, 0.1) is 11.3 Å². The third kappa shape index (κ3) is 1.37. The fourth-order valence-corrected chi connectivity index (χ4v) is 2.94. The molecule has 3 heteroatoms. The third-order valence-electron chi connectivity index (χ3n) is 3.81. The van der Waals surface area contributed by atoms with E-state index in [0.29, 0.717) is 5.56 Å². The summed E-state index contributed by atoms with van der Waals surface area (Å²) in [5.74, 6) is -0.413. The summed E-state index contributed by atoms with van der Waals surface area (Å²) in [6.07, 6.45) is 3.90. The van der Waals surface area contributed by atoms with Gasteiger partial charge in [0.15, 0.2) is 0 Å². The average molecular weight is 260 g/mol. The predicted octanol–water partition coefficient (Wildman–Crippen LogP) is 3.49. The highest BCUT2D eigenvalue weighted by Crippen LogP contribution is 2.38. The van der Waals surface area contributed by atoms with E-state index >= 15 is 0 Å². The number of hydrogen-bond donors (Lipinski definition) is 2. The quantitative estimate of drug-likeness (QED) is 0.658. The Hall–Kier alpha value is -2.81. The maximum atomic E-state index is 11.6. The molecule has 0 radical (unpaired) electrons. The number of amides is 1. The first-order valence-electron chi connectivity index (χ1n) is 6.47. The van der Waals surface area contributed by atoms with Crippen LogP contribution in [0.25, 0.3) is 27.6 Å². The molecule has 3 nitrogen and oxygen atoms in total.